The zero-order chi connectivity index (χ0) is 26.2. The van der Waals surface area contributed by atoms with Crippen molar-refractivity contribution in [2.24, 2.45) is 12.2 Å². The Balaban J connectivity index is 1.69. The maximum atomic E-state index is 12.9. The summed E-state index contributed by atoms with van der Waals surface area (Å²) in [6, 6.07) is 12.7. The number of nitrogens with zero attached hydrogens (tertiary/aromatic N) is 3. The molecular weight excluding hydrogens is 480 g/mol. The van der Waals surface area contributed by atoms with Crippen molar-refractivity contribution in [3.8, 4) is 17.0 Å². The Morgan fingerprint density at radius 1 is 1.22 bits per heavy atom. The third-order valence-electron chi connectivity index (χ3n) is 5.53. The molecular formula is C27H33ClN4O4. The molecule has 0 radical (unpaired) electrons. The molecule has 3 aromatic rings. The molecule has 1 amide bonds. The highest BCUT2D eigenvalue weighted by molar-refractivity contribution is 6.32. The molecule has 0 spiro atoms. The van der Waals surface area contributed by atoms with Crippen LogP contribution in [0.3, 0.4) is 0 Å². The normalized spacial score (nSPS) is 12.5. The lowest BCUT2D eigenvalue weighted by atomic mass is 10.0. The molecule has 0 saturated carbocycles. The predicted octanol–water partition coefficient (Wildman–Crippen LogP) is 4.62. The molecule has 9 heteroatoms. The van der Waals surface area contributed by atoms with Crippen LogP contribution in [0, 0.1) is 0 Å². The van der Waals surface area contributed by atoms with E-state index in [1.807, 2.05) is 62.8 Å². The van der Waals surface area contributed by atoms with Crippen LogP contribution in [0.15, 0.2) is 53.8 Å². The quantitative estimate of drug-likeness (QED) is 0.288. The highest BCUT2D eigenvalue weighted by Crippen LogP contribution is 2.26. The van der Waals surface area contributed by atoms with Gasteiger partial charge in [-0.3, -0.25) is 4.79 Å². The van der Waals surface area contributed by atoms with Crippen LogP contribution in [-0.4, -0.2) is 52.1 Å². The number of hydrogen-bond donors (Lipinski definition) is 2. The van der Waals surface area contributed by atoms with Gasteiger partial charge < -0.3 is 24.6 Å². The van der Waals surface area contributed by atoms with E-state index in [0.29, 0.717) is 34.9 Å². The average molecular weight is 513 g/mol. The molecule has 3 rings (SSSR count). The molecule has 2 N–H and O–H groups in total. The number of aliphatic hydroxyl groups excluding tert-OH is 1. The predicted molar refractivity (Wildman–Crippen MR) is 142 cm³/mol. The summed E-state index contributed by atoms with van der Waals surface area (Å²) in [7, 11) is 3.42. The molecule has 0 aliphatic carbocycles. The van der Waals surface area contributed by atoms with Crippen molar-refractivity contribution < 1.29 is 19.5 Å². The molecule has 0 aliphatic heterocycles. The summed E-state index contributed by atoms with van der Waals surface area (Å²) in [6.07, 6.45) is 2.92. The minimum Gasteiger partial charge on any atom is -0.489 e. The van der Waals surface area contributed by atoms with Gasteiger partial charge in [0, 0.05) is 37.0 Å². The number of rotatable bonds is 11. The Kier molecular flexibility index (Phi) is 9.50. The standard InChI is InChI=1S/C27H33ClN4O4/c1-17(2)36-25-11-10-21(15-23(25)28)27(34)29-22(12-13-33)14-19-6-8-20(9-7-19)24-16-32(4)26(30-24)18(3)31-35-5/h6-11,15-17,22,33H,12-14H2,1-5H3,(H,29,34)/b31-18+/t22-/m1/s1. The summed E-state index contributed by atoms with van der Waals surface area (Å²) in [5.41, 5.74) is 3.95. The molecule has 192 valence electrons. The molecule has 8 nitrogen and oxygen atoms in total. The largest absolute Gasteiger partial charge is 0.489 e. The van der Waals surface area contributed by atoms with Gasteiger partial charge in [-0.15, -0.1) is 0 Å². The molecule has 0 saturated heterocycles. The number of carbonyl (C=O) groups excluding carboxylic acids is 1. The van der Waals surface area contributed by atoms with Crippen LogP contribution in [0.25, 0.3) is 11.3 Å². The van der Waals surface area contributed by atoms with Gasteiger partial charge in [0.05, 0.1) is 16.8 Å². The number of aryl methyl sites for hydroxylation is 1. The Morgan fingerprint density at radius 3 is 2.56 bits per heavy atom. The number of nitrogens with one attached hydrogen (secondary N) is 1. The zero-order valence-corrected chi connectivity index (χ0v) is 22.0. The second-order valence-corrected chi connectivity index (χ2v) is 9.22. The Labute approximate surface area is 216 Å². The molecule has 0 unspecified atom stereocenters. The van der Waals surface area contributed by atoms with Crippen molar-refractivity contribution in [3.63, 3.8) is 0 Å². The van der Waals surface area contributed by atoms with Crippen molar-refractivity contribution in [2.75, 3.05) is 13.7 Å². The maximum Gasteiger partial charge on any atom is 0.251 e. The minimum absolute atomic E-state index is 0.0177. The number of imidazole rings is 1. The van der Waals surface area contributed by atoms with Gasteiger partial charge in [0.25, 0.3) is 5.91 Å². The van der Waals surface area contributed by atoms with E-state index in [9.17, 15) is 9.90 Å². The summed E-state index contributed by atoms with van der Waals surface area (Å²) < 4.78 is 7.54. The second kappa shape index (κ2) is 12.6. The number of oxime groups is 1. The fourth-order valence-electron chi connectivity index (χ4n) is 3.86. The van der Waals surface area contributed by atoms with Gasteiger partial charge in [0.1, 0.15) is 18.6 Å². The van der Waals surface area contributed by atoms with Gasteiger partial charge in [0.2, 0.25) is 0 Å². The number of aliphatic hydroxyl groups is 1. The van der Waals surface area contributed by atoms with E-state index in [4.69, 9.17) is 21.2 Å². The summed E-state index contributed by atoms with van der Waals surface area (Å²) in [4.78, 5) is 22.4. The first-order valence-electron chi connectivity index (χ1n) is 11.8. The number of amides is 1. The molecule has 0 bridgehead atoms. The van der Waals surface area contributed by atoms with E-state index in [2.05, 4.69) is 15.5 Å². The van der Waals surface area contributed by atoms with Crippen LogP contribution in [0.4, 0.5) is 0 Å². The third-order valence-corrected chi connectivity index (χ3v) is 5.82. The highest BCUT2D eigenvalue weighted by Gasteiger charge is 2.17. The van der Waals surface area contributed by atoms with Crippen molar-refractivity contribution in [2.45, 2.75) is 45.8 Å². The van der Waals surface area contributed by atoms with Gasteiger partial charge in [-0.1, -0.05) is 41.0 Å². The first-order chi connectivity index (χ1) is 17.2. The summed E-state index contributed by atoms with van der Waals surface area (Å²) in [5.74, 6) is 1.01. The van der Waals surface area contributed by atoms with Crippen molar-refractivity contribution in [1.29, 1.82) is 0 Å². The highest BCUT2D eigenvalue weighted by atomic mass is 35.5. The second-order valence-electron chi connectivity index (χ2n) is 8.82. The monoisotopic (exact) mass is 512 g/mol. The van der Waals surface area contributed by atoms with Crippen LogP contribution < -0.4 is 10.1 Å². The lowest BCUT2D eigenvalue weighted by Crippen LogP contribution is -2.37. The lowest BCUT2D eigenvalue weighted by Gasteiger charge is -2.19. The molecule has 36 heavy (non-hydrogen) atoms. The van der Waals surface area contributed by atoms with Gasteiger partial charge in [-0.2, -0.15) is 0 Å². The third kappa shape index (κ3) is 7.08. The first-order valence-corrected chi connectivity index (χ1v) is 12.2. The van der Waals surface area contributed by atoms with Gasteiger partial charge in [-0.25, -0.2) is 4.98 Å². The number of hydrogen-bond acceptors (Lipinski definition) is 6. The van der Waals surface area contributed by atoms with Crippen LogP contribution in [0.2, 0.25) is 5.02 Å². The number of carbonyl (C=O) groups is 1. The van der Waals surface area contributed by atoms with Crippen molar-refractivity contribution >= 4 is 23.2 Å². The van der Waals surface area contributed by atoms with Crippen LogP contribution in [0.5, 0.6) is 5.75 Å². The van der Waals surface area contributed by atoms with E-state index in [0.717, 1.165) is 22.6 Å². The first kappa shape index (κ1) is 27.2. The summed E-state index contributed by atoms with van der Waals surface area (Å²) >= 11 is 6.29. The van der Waals surface area contributed by atoms with Gasteiger partial charge in [-0.05, 0) is 57.4 Å². The minimum atomic E-state index is -0.253. The zero-order valence-electron chi connectivity index (χ0n) is 21.3. The van der Waals surface area contributed by atoms with E-state index in [1.54, 1.807) is 18.2 Å². The van der Waals surface area contributed by atoms with Crippen molar-refractivity contribution in [1.82, 2.24) is 14.9 Å². The number of ether oxygens (including phenoxy) is 1. The molecule has 0 aliphatic rings. The number of halogens is 1. The number of benzene rings is 2. The fourth-order valence-corrected chi connectivity index (χ4v) is 4.08. The van der Waals surface area contributed by atoms with E-state index in [1.165, 1.54) is 7.11 Å². The topological polar surface area (TPSA) is 98.0 Å². The molecule has 0 fully saturated rings. The van der Waals surface area contributed by atoms with Crippen LogP contribution in [0.1, 0.15) is 48.9 Å². The van der Waals surface area contributed by atoms with Gasteiger partial charge in [0.15, 0.2) is 5.82 Å². The fraction of sp³-hybridized carbons (Fsp3) is 0.370. The smallest absolute Gasteiger partial charge is 0.251 e. The Hall–Kier alpha value is -3.36. The van der Waals surface area contributed by atoms with Crippen molar-refractivity contribution in [3.05, 3.63) is 70.6 Å². The van der Waals surface area contributed by atoms with Crippen LogP contribution in [-0.2, 0) is 18.3 Å². The van der Waals surface area contributed by atoms with Crippen LogP contribution >= 0.6 is 11.6 Å². The molecule has 1 atom stereocenters. The number of aromatic nitrogens is 2. The SMILES string of the molecule is CO/N=C(\C)c1nc(-c2ccc(C[C@@H](CCO)NC(=O)c3ccc(OC(C)C)c(Cl)c3)cc2)cn1C. The summed E-state index contributed by atoms with van der Waals surface area (Å²) in [5, 5.41) is 16.9. The molecule has 2 aromatic carbocycles. The average Bonchev–Trinajstić information content (AvgIpc) is 3.22. The Bertz CT molecular complexity index is 1200. The lowest BCUT2D eigenvalue weighted by molar-refractivity contribution is 0.0930. The Morgan fingerprint density at radius 2 is 1.94 bits per heavy atom. The van der Waals surface area contributed by atoms with E-state index >= 15 is 0 Å². The van der Waals surface area contributed by atoms with Gasteiger partial charge >= 0.3 is 0 Å². The van der Waals surface area contributed by atoms with E-state index < -0.39 is 0 Å². The molecule has 1 heterocycles. The van der Waals surface area contributed by atoms with E-state index in [-0.39, 0.29) is 24.7 Å². The summed E-state index contributed by atoms with van der Waals surface area (Å²) in [6.45, 7) is 5.63. The maximum absolute atomic E-state index is 12.9. The molecule has 1 aromatic heterocycles.